The number of rotatable bonds is 7. The van der Waals surface area contributed by atoms with E-state index < -0.39 is 11.9 Å². The third-order valence-electron chi connectivity index (χ3n) is 4.20. The standard InChI is InChI=1S/C22H19N3O3/c23-14-17-8-10-18(11-9-17)15-24-21(26)19(13-16-5-2-1-3-6-16)25-22(27)20-7-4-12-28-20/h1-12,19H,13,15H2,(H,24,26)(H,25,27). The van der Waals surface area contributed by atoms with Crippen LogP contribution in [0.1, 0.15) is 27.2 Å². The predicted octanol–water partition coefficient (Wildman–Crippen LogP) is 2.81. The van der Waals surface area contributed by atoms with Crippen molar-refractivity contribution in [3.63, 3.8) is 0 Å². The maximum atomic E-state index is 12.7. The molecule has 1 unspecified atom stereocenters. The fourth-order valence-corrected chi connectivity index (χ4v) is 2.71. The van der Waals surface area contributed by atoms with Gasteiger partial charge in [-0.25, -0.2) is 0 Å². The van der Waals surface area contributed by atoms with Crippen LogP contribution in [0.15, 0.2) is 77.4 Å². The van der Waals surface area contributed by atoms with Crippen LogP contribution in [0.2, 0.25) is 0 Å². The summed E-state index contributed by atoms with van der Waals surface area (Å²) in [6.45, 7) is 0.298. The van der Waals surface area contributed by atoms with Gasteiger partial charge < -0.3 is 15.1 Å². The zero-order valence-electron chi connectivity index (χ0n) is 15.1. The maximum Gasteiger partial charge on any atom is 0.287 e. The Kier molecular flexibility index (Phi) is 6.21. The van der Waals surface area contributed by atoms with E-state index >= 15 is 0 Å². The van der Waals surface area contributed by atoms with Crippen molar-refractivity contribution in [1.82, 2.24) is 10.6 Å². The minimum Gasteiger partial charge on any atom is -0.459 e. The minimum atomic E-state index is -0.751. The molecule has 2 amide bonds. The van der Waals surface area contributed by atoms with Crippen LogP contribution in [0, 0.1) is 11.3 Å². The quantitative estimate of drug-likeness (QED) is 0.666. The summed E-state index contributed by atoms with van der Waals surface area (Å²) >= 11 is 0. The summed E-state index contributed by atoms with van der Waals surface area (Å²) in [5.41, 5.74) is 2.35. The van der Waals surface area contributed by atoms with E-state index in [1.54, 1.807) is 36.4 Å². The number of hydrogen-bond acceptors (Lipinski definition) is 4. The number of furan rings is 1. The normalized spacial score (nSPS) is 11.2. The van der Waals surface area contributed by atoms with Crippen molar-refractivity contribution in [1.29, 1.82) is 5.26 Å². The number of benzene rings is 2. The first-order valence-electron chi connectivity index (χ1n) is 8.81. The summed E-state index contributed by atoms with van der Waals surface area (Å²) in [6, 6.07) is 20.9. The zero-order valence-corrected chi connectivity index (χ0v) is 15.1. The number of nitrogens with zero attached hydrogens (tertiary/aromatic N) is 1. The van der Waals surface area contributed by atoms with Crippen molar-refractivity contribution in [2.24, 2.45) is 0 Å². The van der Waals surface area contributed by atoms with Gasteiger partial charge in [-0.05, 0) is 35.4 Å². The topological polar surface area (TPSA) is 95.1 Å². The average Bonchev–Trinajstić information content (AvgIpc) is 3.28. The van der Waals surface area contributed by atoms with Crippen LogP contribution in [-0.2, 0) is 17.8 Å². The molecule has 0 aliphatic rings. The van der Waals surface area contributed by atoms with E-state index in [0.29, 0.717) is 18.5 Å². The van der Waals surface area contributed by atoms with Gasteiger partial charge in [0, 0.05) is 13.0 Å². The van der Waals surface area contributed by atoms with E-state index in [9.17, 15) is 9.59 Å². The number of carbonyl (C=O) groups is 2. The van der Waals surface area contributed by atoms with Gasteiger partial charge in [0.2, 0.25) is 5.91 Å². The van der Waals surface area contributed by atoms with Crippen LogP contribution >= 0.6 is 0 Å². The molecule has 6 heteroatoms. The predicted molar refractivity (Wildman–Crippen MR) is 103 cm³/mol. The Labute approximate surface area is 162 Å². The van der Waals surface area contributed by atoms with Gasteiger partial charge in [0.1, 0.15) is 6.04 Å². The molecule has 2 N–H and O–H groups in total. The fourth-order valence-electron chi connectivity index (χ4n) is 2.71. The van der Waals surface area contributed by atoms with Crippen molar-refractivity contribution in [2.45, 2.75) is 19.0 Å². The Morgan fingerprint density at radius 1 is 0.964 bits per heavy atom. The molecule has 140 valence electrons. The van der Waals surface area contributed by atoms with Gasteiger partial charge in [-0.2, -0.15) is 5.26 Å². The van der Waals surface area contributed by atoms with Crippen LogP contribution in [-0.4, -0.2) is 17.9 Å². The van der Waals surface area contributed by atoms with Crippen molar-refractivity contribution < 1.29 is 14.0 Å². The molecule has 1 heterocycles. The van der Waals surface area contributed by atoms with E-state index in [1.807, 2.05) is 30.3 Å². The summed E-state index contributed by atoms with van der Waals surface area (Å²) in [7, 11) is 0. The van der Waals surface area contributed by atoms with E-state index in [4.69, 9.17) is 9.68 Å². The Hall–Kier alpha value is -3.85. The summed E-state index contributed by atoms with van der Waals surface area (Å²) in [4.78, 5) is 25.1. The molecular formula is C22H19N3O3. The summed E-state index contributed by atoms with van der Waals surface area (Å²) in [6.07, 6.45) is 1.76. The van der Waals surface area contributed by atoms with Gasteiger partial charge >= 0.3 is 0 Å². The van der Waals surface area contributed by atoms with Crippen molar-refractivity contribution in [3.8, 4) is 6.07 Å². The first kappa shape index (κ1) is 18.9. The van der Waals surface area contributed by atoms with Gasteiger partial charge in [-0.3, -0.25) is 9.59 Å². The minimum absolute atomic E-state index is 0.151. The van der Waals surface area contributed by atoms with Gasteiger partial charge in [-0.15, -0.1) is 0 Å². The van der Waals surface area contributed by atoms with Gasteiger partial charge in [-0.1, -0.05) is 42.5 Å². The first-order valence-corrected chi connectivity index (χ1v) is 8.81. The lowest BCUT2D eigenvalue weighted by Crippen LogP contribution is -2.47. The van der Waals surface area contributed by atoms with Crippen molar-refractivity contribution in [2.75, 3.05) is 0 Å². The molecule has 2 aromatic carbocycles. The maximum absolute atomic E-state index is 12.7. The highest BCUT2D eigenvalue weighted by Crippen LogP contribution is 2.07. The van der Waals surface area contributed by atoms with Crippen LogP contribution in [0.5, 0.6) is 0 Å². The Balaban J connectivity index is 1.68. The van der Waals surface area contributed by atoms with Crippen LogP contribution < -0.4 is 10.6 Å². The summed E-state index contributed by atoms with van der Waals surface area (Å²) in [5.74, 6) is -0.592. The molecule has 0 saturated heterocycles. The van der Waals surface area contributed by atoms with Crippen LogP contribution in [0.3, 0.4) is 0 Å². The Bertz CT molecular complexity index is 959. The second-order valence-corrected chi connectivity index (χ2v) is 6.22. The summed E-state index contributed by atoms with van der Waals surface area (Å²) < 4.78 is 5.11. The number of nitriles is 1. The fraction of sp³-hybridized carbons (Fsp3) is 0.136. The molecule has 1 aromatic heterocycles. The Morgan fingerprint density at radius 2 is 1.71 bits per heavy atom. The molecule has 0 fully saturated rings. The molecule has 0 radical (unpaired) electrons. The third kappa shape index (κ3) is 5.08. The third-order valence-corrected chi connectivity index (χ3v) is 4.20. The molecule has 0 saturated carbocycles. The lowest BCUT2D eigenvalue weighted by atomic mass is 10.0. The van der Waals surface area contributed by atoms with Gasteiger partial charge in [0.15, 0.2) is 5.76 Å². The zero-order chi connectivity index (χ0) is 19.8. The average molecular weight is 373 g/mol. The highest BCUT2D eigenvalue weighted by molar-refractivity contribution is 5.95. The van der Waals surface area contributed by atoms with Gasteiger partial charge in [0.25, 0.3) is 5.91 Å². The lowest BCUT2D eigenvalue weighted by Gasteiger charge is -2.18. The molecule has 0 bridgehead atoms. The van der Waals surface area contributed by atoms with E-state index in [1.165, 1.54) is 6.26 Å². The van der Waals surface area contributed by atoms with Gasteiger partial charge in [0.05, 0.1) is 17.9 Å². The van der Waals surface area contributed by atoms with E-state index in [0.717, 1.165) is 11.1 Å². The molecule has 1 atom stereocenters. The molecule has 28 heavy (non-hydrogen) atoms. The van der Waals surface area contributed by atoms with Crippen LogP contribution in [0.4, 0.5) is 0 Å². The van der Waals surface area contributed by atoms with Crippen LogP contribution in [0.25, 0.3) is 0 Å². The SMILES string of the molecule is N#Cc1ccc(CNC(=O)C(Cc2ccccc2)NC(=O)c2ccco2)cc1. The lowest BCUT2D eigenvalue weighted by molar-refractivity contribution is -0.123. The first-order chi connectivity index (χ1) is 13.7. The molecule has 0 aliphatic carbocycles. The molecule has 0 spiro atoms. The molecule has 6 nitrogen and oxygen atoms in total. The Morgan fingerprint density at radius 3 is 2.36 bits per heavy atom. The van der Waals surface area contributed by atoms with Crippen molar-refractivity contribution in [3.05, 3.63) is 95.4 Å². The smallest absolute Gasteiger partial charge is 0.287 e. The second-order valence-electron chi connectivity index (χ2n) is 6.22. The second kappa shape index (κ2) is 9.19. The number of hydrogen-bond donors (Lipinski definition) is 2. The van der Waals surface area contributed by atoms with Crippen molar-refractivity contribution >= 4 is 11.8 Å². The molecular weight excluding hydrogens is 354 g/mol. The molecule has 3 rings (SSSR count). The highest BCUT2D eigenvalue weighted by Gasteiger charge is 2.22. The molecule has 0 aliphatic heterocycles. The summed E-state index contributed by atoms with van der Waals surface area (Å²) in [5, 5.41) is 14.4. The largest absolute Gasteiger partial charge is 0.459 e. The monoisotopic (exact) mass is 373 g/mol. The highest BCUT2D eigenvalue weighted by atomic mass is 16.3. The number of nitrogens with one attached hydrogen (secondary N) is 2. The van der Waals surface area contributed by atoms with E-state index in [2.05, 4.69) is 16.7 Å². The molecule has 3 aromatic rings. The van der Waals surface area contributed by atoms with E-state index in [-0.39, 0.29) is 11.7 Å². The number of amides is 2. The number of carbonyl (C=O) groups excluding carboxylic acids is 2.